The van der Waals surface area contributed by atoms with Crippen LogP contribution in [0.1, 0.15) is 10.4 Å². The van der Waals surface area contributed by atoms with Crippen molar-refractivity contribution in [2.75, 3.05) is 0 Å². The second kappa shape index (κ2) is 5.81. The lowest BCUT2D eigenvalue weighted by Gasteiger charge is -2.02. The molecule has 2 aromatic carbocycles. The van der Waals surface area contributed by atoms with E-state index in [1.165, 1.54) is 41.1 Å². The summed E-state index contributed by atoms with van der Waals surface area (Å²) in [7, 11) is 0. The smallest absolute Gasteiger partial charge is 0.155 e. The Bertz CT molecular complexity index is 844. The predicted molar refractivity (Wildman–Crippen MR) is 82.0 cm³/mol. The number of hydrogen-bond donors (Lipinski definition) is 0. The predicted octanol–water partition coefficient (Wildman–Crippen LogP) is 4.39. The highest BCUT2D eigenvalue weighted by Gasteiger charge is 2.18. The Hall–Kier alpha value is -2.34. The third-order valence-corrected chi connectivity index (χ3v) is 3.91. The van der Waals surface area contributed by atoms with Gasteiger partial charge >= 0.3 is 0 Å². The minimum atomic E-state index is -0.415. The van der Waals surface area contributed by atoms with Crippen molar-refractivity contribution in [3.63, 3.8) is 0 Å². The lowest BCUT2D eigenvalue weighted by molar-refractivity contribution is 0.112. The molecule has 3 nitrogen and oxygen atoms in total. The van der Waals surface area contributed by atoms with Gasteiger partial charge < -0.3 is 0 Å². The molecule has 0 aliphatic carbocycles. The molecule has 0 bridgehead atoms. The largest absolute Gasteiger partial charge is 0.298 e. The van der Waals surface area contributed by atoms with Crippen LogP contribution in [0.4, 0.5) is 8.78 Å². The normalized spacial score (nSPS) is 10.7. The Labute approximate surface area is 133 Å². The fourth-order valence-corrected chi connectivity index (χ4v) is 2.68. The third kappa shape index (κ3) is 2.57. The van der Waals surface area contributed by atoms with Crippen LogP contribution in [0, 0.1) is 11.6 Å². The van der Waals surface area contributed by atoms with Crippen LogP contribution >= 0.6 is 15.9 Å². The van der Waals surface area contributed by atoms with E-state index in [1.54, 1.807) is 12.1 Å². The molecule has 0 radical (unpaired) electrons. The van der Waals surface area contributed by atoms with Crippen molar-refractivity contribution in [3.8, 4) is 16.9 Å². The topological polar surface area (TPSA) is 34.9 Å². The molecular weight excluding hydrogens is 354 g/mol. The highest BCUT2D eigenvalue weighted by Crippen LogP contribution is 2.30. The van der Waals surface area contributed by atoms with E-state index in [9.17, 15) is 13.6 Å². The second-order valence-corrected chi connectivity index (χ2v) is 5.32. The van der Waals surface area contributed by atoms with Crippen molar-refractivity contribution >= 4 is 22.2 Å². The summed E-state index contributed by atoms with van der Waals surface area (Å²) in [6, 6.07) is 11.5. The first-order valence-electron chi connectivity index (χ1n) is 6.35. The van der Waals surface area contributed by atoms with Crippen molar-refractivity contribution in [1.82, 2.24) is 9.78 Å². The lowest BCUT2D eigenvalue weighted by atomic mass is 10.1. The summed E-state index contributed by atoms with van der Waals surface area (Å²) < 4.78 is 28.3. The van der Waals surface area contributed by atoms with Crippen molar-refractivity contribution in [2.45, 2.75) is 0 Å². The Balaban J connectivity index is 2.18. The maximum absolute atomic E-state index is 13.4. The van der Waals surface area contributed by atoms with Gasteiger partial charge in [0.05, 0.1) is 11.3 Å². The molecule has 3 aromatic rings. The fourth-order valence-electron chi connectivity index (χ4n) is 2.12. The van der Waals surface area contributed by atoms with Gasteiger partial charge in [-0.25, -0.2) is 13.5 Å². The van der Waals surface area contributed by atoms with Gasteiger partial charge in [0, 0.05) is 5.56 Å². The zero-order valence-electron chi connectivity index (χ0n) is 11.1. The maximum atomic E-state index is 13.4. The number of rotatable bonds is 3. The highest BCUT2D eigenvalue weighted by atomic mass is 79.9. The van der Waals surface area contributed by atoms with Crippen LogP contribution in [0.5, 0.6) is 0 Å². The quantitative estimate of drug-likeness (QED) is 0.647. The average molecular weight is 363 g/mol. The van der Waals surface area contributed by atoms with Gasteiger partial charge in [0.2, 0.25) is 0 Å². The Morgan fingerprint density at radius 1 is 1.05 bits per heavy atom. The van der Waals surface area contributed by atoms with Crippen LogP contribution in [0.2, 0.25) is 0 Å². The van der Waals surface area contributed by atoms with E-state index in [1.807, 2.05) is 0 Å². The van der Waals surface area contributed by atoms with Crippen LogP contribution in [-0.2, 0) is 0 Å². The number of carbonyl (C=O) groups is 1. The molecule has 1 heterocycles. The number of aromatic nitrogens is 2. The van der Waals surface area contributed by atoms with E-state index < -0.39 is 5.82 Å². The molecular formula is C16H9BrF2N2O. The number of nitrogens with zero attached hydrogens (tertiary/aromatic N) is 2. The van der Waals surface area contributed by atoms with E-state index in [2.05, 4.69) is 21.0 Å². The maximum Gasteiger partial charge on any atom is 0.155 e. The van der Waals surface area contributed by atoms with Crippen LogP contribution in [0.3, 0.4) is 0 Å². The molecule has 0 saturated heterocycles. The summed E-state index contributed by atoms with van der Waals surface area (Å²) in [4.78, 5) is 11.4. The van der Waals surface area contributed by atoms with Crippen molar-refractivity contribution in [2.24, 2.45) is 0 Å². The molecule has 0 spiro atoms. The van der Waals surface area contributed by atoms with E-state index >= 15 is 0 Å². The van der Waals surface area contributed by atoms with E-state index in [0.717, 1.165) is 0 Å². The van der Waals surface area contributed by atoms with Gasteiger partial charge in [0.1, 0.15) is 21.9 Å². The Morgan fingerprint density at radius 3 is 2.41 bits per heavy atom. The van der Waals surface area contributed by atoms with E-state index in [0.29, 0.717) is 33.4 Å². The minimum absolute atomic E-state index is 0.301. The molecule has 0 aliphatic rings. The first kappa shape index (κ1) is 14.6. The zero-order valence-corrected chi connectivity index (χ0v) is 12.7. The van der Waals surface area contributed by atoms with Crippen LogP contribution < -0.4 is 0 Å². The Morgan fingerprint density at radius 2 is 1.77 bits per heavy atom. The summed E-state index contributed by atoms with van der Waals surface area (Å²) >= 11 is 3.32. The van der Waals surface area contributed by atoms with E-state index in [-0.39, 0.29) is 5.82 Å². The number of aldehydes is 1. The molecule has 6 heteroatoms. The molecule has 0 saturated carbocycles. The van der Waals surface area contributed by atoms with Crippen LogP contribution in [-0.4, -0.2) is 16.1 Å². The summed E-state index contributed by atoms with van der Waals surface area (Å²) in [5, 5.41) is 4.34. The molecule has 0 unspecified atom stereocenters. The molecule has 3 rings (SSSR count). The van der Waals surface area contributed by atoms with Gasteiger partial charge in [-0.05, 0) is 52.3 Å². The zero-order chi connectivity index (χ0) is 15.7. The number of halogens is 3. The van der Waals surface area contributed by atoms with Crippen LogP contribution in [0.15, 0.2) is 53.1 Å². The van der Waals surface area contributed by atoms with Gasteiger partial charge in [0.15, 0.2) is 6.29 Å². The van der Waals surface area contributed by atoms with Gasteiger partial charge in [-0.2, -0.15) is 5.10 Å². The molecule has 0 fully saturated rings. The fraction of sp³-hybridized carbons (Fsp3) is 0. The van der Waals surface area contributed by atoms with Gasteiger partial charge in [0.25, 0.3) is 0 Å². The third-order valence-electron chi connectivity index (χ3n) is 3.15. The first-order valence-corrected chi connectivity index (χ1v) is 7.15. The lowest BCUT2D eigenvalue weighted by Crippen LogP contribution is -1.97. The minimum Gasteiger partial charge on any atom is -0.298 e. The molecule has 0 amide bonds. The summed E-state index contributed by atoms with van der Waals surface area (Å²) in [6.45, 7) is 0. The van der Waals surface area contributed by atoms with Gasteiger partial charge in [-0.1, -0.05) is 12.1 Å². The van der Waals surface area contributed by atoms with Crippen molar-refractivity contribution in [3.05, 3.63) is 70.3 Å². The number of hydrogen-bond acceptors (Lipinski definition) is 2. The van der Waals surface area contributed by atoms with Gasteiger partial charge in [-0.3, -0.25) is 4.79 Å². The standard InChI is InChI=1S/C16H9BrF2N2O/c17-16-14(9-22)15(10-2-1-3-12(19)8-10)20-21(16)13-6-4-11(18)5-7-13/h1-9H. The summed E-state index contributed by atoms with van der Waals surface area (Å²) in [6.07, 6.45) is 0.650. The average Bonchev–Trinajstić information content (AvgIpc) is 2.85. The van der Waals surface area contributed by atoms with Gasteiger partial charge in [-0.15, -0.1) is 0 Å². The molecule has 0 N–H and O–H groups in total. The molecule has 110 valence electrons. The molecule has 22 heavy (non-hydrogen) atoms. The van der Waals surface area contributed by atoms with Crippen LogP contribution in [0.25, 0.3) is 16.9 Å². The SMILES string of the molecule is O=Cc1c(-c2cccc(F)c2)nn(-c2ccc(F)cc2)c1Br. The second-order valence-electron chi connectivity index (χ2n) is 4.57. The highest BCUT2D eigenvalue weighted by molar-refractivity contribution is 9.10. The molecule has 1 aromatic heterocycles. The number of benzene rings is 2. The molecule has 0 atom stereocenters. The summed E-state index contributed by atoms with van der Waals surface area (Å²) in [5.41, 5.74) is 1.73. The molecule has 0 aliphatic heterocycles. The summed E-state index contributed by atoms with van der Waals surface area (Å²) in [5.74, 6) is -0.783. The first-order chi connectivity index (χ1) is 10.6. The Kier molecular flexibility index (Phi) is 3.85. The van der Waals surface area contributed by atoms with Crippen molar-refractivity contribution < 1.29 is 13.6 Å². The monoisotopic (exact) mass is 362 g/mol. The van der Waals surface area contributed by atoms with Crippen molar-refractivity contribution in [1.29, 1.82) is 0 Å². The van der Waals surface area contributed by atoms with E-state index in [4.69, 9.17) is 0 Å². The number of carbonyl (C=O) groups excluding carboxylic acids is 1.